The maximum atomic E-state index is 11.4. The molecule has 0 N–H and O–H groups in total. The van der Waals surface area contributed by atoms with Gasteiger partial charge >= 0.3 is 0 Å². The number of rotatable bonds is 3. The molecule has 0 atom stereocenters. The molecule has 0 aliphatic rings. The summed E-state index contributed by atoms with van der Waals surface area (Å²) in [7, 11) is 3.61. The zero-order chi connectivity index (χ0) is 11.5. The van der Waals surface area contributed by atoms with Gasteiger partial charge in [-0.25, -0.2) is 4.68 Å². The summed E-state index contributed by atoms with van der Waals surface area (Å²) in [6.07, 6.45) is 1.53. The van der Waals surface area contributed by atoms with Crippen molar-refractivity contribution in [3.63, 3.8) is 0 Å². The molecule has 2 heterocycles. The Morgan fingerprint density at radius 2 is 2.31 bits per heavy atom. The Hall–Kier alpha value is -2.18. The van der Waals surface area contributed by atoms with Gasteiger partial charge in [0, 0.05) is 26.4 Å². The highest BCUT2D eigenvalue weighted by Gasteiger charge is 2.08. The summed E-state index contributed by atoms with van der Waals surface area (Å²) in [5.74, 6) is 0.823. The van der Waals surface area contributed by atoms with Crippen LogP contribution in [0.25, 0.3) is 0 Å². The average Bonchev–Trinajstić information content (AvgIpc) is 2.70. The lowest BCUT2D eigenvalue weighted by Crippen LogP contribution is -2.21. The summed E-state index contributed by atoms with van der Waals surface area (Å²) in [5.41, 5.74) is -0.202. The van der Waals surface area contributed by atoms with Gasteiger partial charge in [0.1, 0.15) is 6.54 Å². The maximum absolute atomic E-state index is 11.4. The van der Waals surface area contributed by atoms with Gasteiger partial charge in [-0.15, -0.1) is 0 Å². The van der Waals surface area contributed by atoms with Crippen molar-refractivity contribution in [2.45, 2.75) is 6.54 Å². The normalized spacial score (nSPS) is 10.4. The van der Waals surface area contributed by atoms with Crippen molar-refractivity contribution in [1.82, 2.24) is 19.9 Å². The largest absolute Gasteiger partial charge is 0.344 e. The molecule has 0 aliphatic heterocycles. The van der Waals surface area contributed by atoms with E-state index in [-0.39, 0.29) is 12.1 Å². The minimum atomic E-state index is -0.202. The number of hydrogen-bond acceptors (Lipinski definition) is 6. The Balaban J connectivity index is 2.21. The van der Waals surface area contributed by atoms with Crippen molar-refractivity contribution < 1.29 is 4.52 Å². The molecule has 0 aromatic carbocycles. The van der Waals surface area contributed by atoms with E-state index in [0.29, 0.717) is 11.8 Å². The van der Waals surface area contributed by atoms with E-state index in [9.17, 15) is 4.79 Å². The molecule has 16 heavy (non-hydrogen) atoms. The SMILES string of the molecule is CN(C)c1noc(Cn2ncccc2=O)n1. The van der Waals surface area contributed by atoms with Crippen LogP contribution in [0.4, 0.5) is 5.95 Å². The van der Waals surface area contributed by atoms with E-state index in [0.717, 1.165) is 0 Å². The minimum Gasteiger partial charge on any atom is -0.344 e. The monoisotopic (exact) mass is 221 g/mol. The van der Waals surface area contributed by atoms with Gasteiger partial charge in [0.2, 0.25) is 5.89 Å². The summed E-state index contributed by atoms with van der Waals surface area (Å²) < 4.78 is 6.24. The molecule has 2 rings (SSSR count). The van der Waals surface area contributed by atoms with Crippen LogP contribution in [0.1, 0.15) is 5.89 Å². The lowest BCUT2D eigenvalue weighted by molar-refractivity contribution is 0.362. The summed E-state index contributed by atoms with van der Waals surface area (Å²) in [5, 5.41) is 7.63. The zero-order valence-corrected chi connectivity index (χ0v) is 8.99. The number of aromatic nitrogens is 4. The fraction of sp³-hybridized carbons (Fsp3) is 0.333. The van der Waals surface area contributed by atoms with Gasteiger partial charge in [0.15, 0.2) is 0 Å². The predicted octanol–water partition coefficient (Wildman–Crippen LogP) is -0.259. The van der Waals surface area contributed by atoms with E-state index in [2.05, 4.69) is 15.2 Å². The first kappa shape index (κ1) is 10.3. The smallest absolute Gasteiger partial charge is 0.267 e. The van der Waals surface area contributed by atoms with Crippen molar-refractivity contribution >= 4 is 5.95 Å². The highest BCUT2D eigenvalue weighted by Crippen LogP contribution is 2.05. The fourth-order valence-corrected chi connectivity index (χ4v) is 1.13. The second-order valence-electron chi connectivity index (χ2n) is 3.40. The first-order valence-corrected chi connectivity index (χ1v) is 4.69. The van der Waals surface area contributed by atoms with Crippen LogP contribution in [-0.2, 0) is 6.54 Å². The van der Waals surface area contributed by atoms with Crippen LogP contribution in [0.15, 0.2) is 27.6 Å². The molecule has 7 nitrogen and oxygen atoms in total. The second-order valence-corrected chi connectivity index (χ2v) is 3.40. The number of hydrogen-bond donors (Lipinski definition) is 0. The Kier molecular flexibility index (Phi) is 2.67. The van der Waals surface area contributed by atoms with Gasteiger partial charge in [-0.3, -0.25) is 4.79 Å². The van der Waals surface area contributed by atoms with E-state index in [1.807, 2.05) is 14.1 Å². The van der Waals surface area contributed by atoms with E-state index in [1.165, 1.54) is 16.9 Å². The quantitative estimate of drug-likeness (QED) is 0.710. The van der Waals surface area contributed by atoms with Crippen molar-refractivity contribution in [2.24, 2.45) is 0 Å². The Bertz CT molecular complexity index is 530. The standard InChI is InChI=1S/C9H11N5O2/c1-13(2)9-11-7(16-12-9)6-14-8(15)4-3-5-10-14/h3-5H,6H2,1-2H3. The first-order chi connectivity index (χ1) is 7.66. The molecule has 2 aromatic heterocycles. The summed E-state index contributed by atoms with van der Waals surface area (Å²) in [4.78, 5) is 17.2. The third-order valence-corrected chi connectivity index (χ3v) is 1.93. The molecular formula is C9H11N5O2. The van der Waals surface area contributed by atoms with Crippen molar-refractivity contribution in [3.05, 3.63) is 34.6 Å². The first-order valence-electron chi connectivity index (χ1n) is 4.69. The fourth-order valence-electron chi connectivity index (χ4n) is 1.13. The topological polar surface area (TPSA) is 77.0 Å². The van der Waals surface area contributed by atoms with Crippen LogP contribution in [0.2, 0.25) is 0 Å². The van der Waals surface area contributed by atoms with Crippen LogP contribution in [0.3, 0.4) is 0 Å². The molecule has 0 saturated carbocycles. The molecular weight excluding hydrogens is 210 g/mol. The van der Waals surface area contributed by atoms with Gasteiger partial charge in [-0.1, -0.05) is 0 Å². The number of anilines is 1. The highest BCUT2D eigenvalue weighted by atomic mass is 16.5. The van der Waals surface area contributed by atoms with Gasteiger partial charge in [-0.05, 0) is 11.2 Å². The molecule has 0 radical (unpaired) electrons. The molecule has 0 bridgehead atoms. The molecule has 0 fully saturated rings. The Morgan fingerprint density at radius 1 is 1.50 bits per heavy atom. The van der Waals surface area contributed by atoms with Crippen LogP contribution in [0, 0.1) is 0 Å². The van der Waals surface area contributed by atoms with Crippen LogP contribution in [-0.4, -0.2) is 34.0 Å². The maximum Gasteiger partial charge on any atom is 0.267 e. The summed E-state index contributed by atoms with van der Waals surface area (Å²) >= 11 is 0. The van der Waals surface area contributed by atoms with E-state index < -0.39 is 0 Å². The minimum absolute atomic E-state index is 0.181. The molecule has 2 aromatic rings. The summed E-state index contributed by atoms with van der Waals surface area (Å²) in [6, 6.07) is 3.01. The predicted molar refractivity (Wildman–Crippen MR) is 56.2 cm³/mol. The lowest BCUT2D eigenvalue weighted by atomic mass is 10.5. The van der Waals surface area contributed by atoms with Crippen LogP contribution >= 0.6 is 0 Å². The molecule has 0 unspecified atom stereocenters. The Morgan fingerprint density at radius 3 is 2.94 bits per heavy atom. The molecule has 84 valence electrons. The van der Waals surface area contributed by atoms with Gasteiger partial charge in [0.25, 0.3) is 11.5 Å². The molecule has 0 aliphatic carbocycles. The Labute approximate surface area is 91.3 Å². The van der Waals surface area contributed by atoms with Gasteiger partial charge < -0.3 is 9.42 Å². The van der Waals surface area contributed by atoms with Gasteiger partial charge in [0.05, 0.1) is 0 Å². The van der Waals surface area contributed by atoms with Crippen LogP contribution in [0.5, 0.6) is 0 Å². The zero-order valence-electron chi connectivity index (χ0n) is 8.99. The van der Waals surface area contributed by atoms with Crippen LogP contribution < -0.4 is 10.5 Å². The van der Waals surface area contributed by atoms with Crippen molar-refractivity contribution in [1.29, 1.82) is 0 Å². The van der Waals surface area contributed by atoms with Crippen molar-refractivity contribution in [3.8, 4) is 0 Å². The third kappa shape index (κ3) is 2.08. The average molecular weight is 221 g/mol. The van der Waals surface area contributed by atoms with Gasteiger partial charge in [-0.2, -0.15) is 10.1 Å². The molecule has 7 heteroatoms. The van der Waals surface area contributed by atoms with Crippen molar-refractivity contribution in [2.75, 3.05) is 19.0 Å². The van der Waals surface area contributed by atoms with E-state index >= 15 is 0 Å². The third-order valence-electron chi connectivity index (χ3n) is 1.93. The molecule has 0 amide bonds. The van der Waals surface area contributed by atoms with E-state index in [1.54, 1.807) is 11.0 Å². The molecule has 0 saturated heterocycles. The number of nitrogens with zero attached hydrogens (tertiary/aromatic N) is 5. The second kappa shape index (κ2) is 4.13. The molecule has 0 spiro atoms. The highest BCUT2D eigenvalue weighted by molar-refractivity contribution is 5.23. The lowest BCUT2D eigenvalue weighted by Gasteiger charge is -2.02. The van der Waals surface area contributed by atoms with E-state index in [4.69, 9.17) is 4.52 Å². The summed E-state index contributed by atoms with van der Waals surface area (Å²) in [6.45, 7) is 0.181.